The minimum atomic E-state index is -0.440. The van der Waals surface area contributed by atoms with Crippen LogP contribution in [-0.2, 0) is 0 Å². The fourth-order valence-electron chi connectivity index (χ4n) is 2.25. The molecule has 1 unspecified atom stereocenters. The summed E-state index contributed by atoms with van der Waals surface area (Å²) in [6, 6.07) is 9.57. The molecule has 3 nitrogen and oxygen atoms in total. The van der Waals surface area contributed by atoms with E-state index in [1.54, 1.807) is 24.3 Å². The molecule has 0 spiro atoms. The molecular formula is C15H10Cl2O3. The van der Waals surface area contributed by atoms with Crippen molar-refractivity contribution in [2.24, 2.45) is 0 Å². The lowest BCUT2D eigenvalue weighted by atomic mass is 9.96. The summed E-state index contributed by atoms with van der Waals surface area (Å²) in [6.45, 7) is 0. The maximum absolute atomic E-state index is 12.1. The average molecular weight is 309 g/mol. The molecule has 3 rings (SSSR count). The Morgan fingerprint density at radius 3 is 2.70 bits per heavy atom. The Hall–Kier alpha value is -1.71. The first-order chi connectivity index (χ1) is 9.54. The van der Waals surface area contributed by atoms with Crippen LogP contribution < -0.4 is 4.74 Å². The number of ketones is 1. The minimum Gasteiger partial charge on any atom is -0.508 e. The van der Waals surface area contributed by atoms with Crippen LogP contribution in [0.25, 0.3) is 0 Å². The maximum Gasteiger partial charge on any atom is 0.170 e. The van der Waals surface area contributed by atoms with Crippen LogP contribution in [0.15, 0.2) is 36.4 Å². The van der Waals surface area contributed by atoms with E-state index in [0.29, 0.717) is 21.4 Å². The second kappa shape index (κ2) is 5.00. The van der Waals surface area contributed by atoms with Gasteiger partial charge in [0.05, 0.1) is 12.0 Å². The molecule has 0 amide bonds. The van der Waals surface area contributed by atoms with E-state index in [1.165, 1.54) is 12.1 Å². The second-order valence-corrected chi connectivity index (χ2v) is 5.42. The first kappa shape index (κ1) is 13.3. The second-order valence-electron chi connectivity index (χ2n) is 4.58. The van der Waals surface area contributed by atoms with Gasteiger partial charge in [0.1, 0.15) is 17.6 Å². The molecule has 0 fully saturated rings. The van der Waals surface area contributed by atoms with E-state index >= 15 is 0 Å². The number of fused-ring (bicyclic) bond motifs is 1. The molecule has 0 saturated carbocycles. The number of carbonyl (C=O) groups excluding carboxylic acids is 1. The van der Waals surface area contributed by atoms with Gasteiger partial charge in [-0.05, 0) is 30.3 Å². The van der Waals surface area contributed by atoms with Gasteiger partial charge in [-0.25, -0.2) is 0 Å². The standard InChI is InChI=1S/C15H10Cl2O3/c16-8-1-3-10(12(17)5-8)15-7-13(19)11-6-9(18)2-4-14(11)20-15/h1-6,15,18H,7H2. The first-order valence-electron chi connectivity index (χ1n) is 6.02. The summed E-state index contributed by atoms with van der Waals surface area (Å²) in [5.41, 5.74) is 1.12. The fraction of sp³-hybridized carbons (Fsp3) is 0.133. The van der Waals surface area contributed by atoms with E-state index in [1.807, 2.05) is 0 Å². The molecule has 102 valence electrons. The van der Waals surface area contributed by atoms with Crippen molar-refractivity contribution in [2.75, 3.05) is 0 Å². The molecule has 0 bridgehead atoms. The third-order valence-corrected chi connectivity index (χ3v) is 3.78. The predicted molar refractivity (Wildman–Crippen MR) is 76.9 cm³/mol. The van der Waals surface area contributed by atoms with E-state index in [0.717, 1.165) is 5.56 Å². The third kappa shape index (κ3) is 2.35. The number of aromatic hydroxyl groups is 1. The molecule has 1 atom stereocenters. The van der Waals surface area contributed by atoms with Crippen molar-refractivity contribution in [1.29, 1.82) is 0 Å². The number of rotatable bonds is 1. The largest absolute Gasteiger partial charge is 0.508 e. The van der Waals surface area contributed by atoms with Crippen LogP contribution >= 0.6 is 23.2 Å². The van der Waals surface area contributed by atoms with Crippen LogP contribution in [0.2, 0.25) is 10.0 Å². The Balaban J connectivity index is 1.99. The van der Waals surface area contributed by atoms with Crippen molar-refractivity contribution in [2.45, 2.75) is 12.5 Å². The highest BCUT2D eigenvalue weighted by Crippen LogP contribution is 2.39. The number of halogens is 2. The van der Waals surface area contributed by atoms with Crippen molar-refractivity contribution in [1.82, 2.24) is 0 Å². The van der Waals surface area contributed by atoms with Gasteiger partial charge in [0, 0.05) is 15.6 Å². The monoisotopic (exact) mass is 308 g/mol. The van der Waals surface area contributed by atoms with Crippen molar-refractivity contribution >= 4 is 29.0 Å². The highest BCUT2D eigenvalue weighted by molar-refractivity contribution is 6.35. The molecule has 0 radical (unpaired) electrons. The van der Waals surface area contributed by atoms with Crippen LogP contribution in [-0.4, -0.2) is 10.9 Å². The van der Waals surface area contributed by atoms with Crippen molar-refractivity contribution in [3.8, 4) is 11.5 Å². The van der Waals surface area contributed by atoms with Gasteiger partial charge in [-0.15, -0.1) is 0 Å². The van der Waals surface area contributed by atoms with E-state index in [-0.39, 0.29) is 18.0 Å². The molecule has 5 heteroatoms. The van der Waals surface area contributed by atoms with Gasteiger partial charge in [0.25, 0.3) is 0 Å². The Morgan fingerprint density at radius 2 is 1.95 bits per heavy atom. The molecule has 2 aromatic carbocycles. The van der Waals surface area contributed by atoms with Crippen LogP contribution in [0.4, 0.5) is 0 Å². The van der Waals surface area contributed by atoms with Gasteiger partial charge >= 0.3 is 0 Å². The normalized spacial score (nSPS) is 17.5. The molecule has 1 aliphatic rings. The molecule has 1 aliphatic heterocycles. The van der Waals surface area contributed by atoms with Gasteiger partial charge in [0.2, 0.25) is 0 Å². The topological polar surface area (TPSA) is 46.5 Å². The lowest BCUT2D eigenvalue weighted by Gasteiger charge is -2.26. The van der Waals surface area contributed by atoms with E-state index in [4.69, 9.17) is 27.9 Å². The molecule has 20 heavy (non-hydrogen) atoms. The Bertz CT molecular complexity index is 698. The van der Waals surface area contributed by atoms with Crippen LogP contribution in [0, 0.1) is 0 Å². The Morgan fingerprint density at radius 1 is 1.15 bits per heavy atom. The molecule has 0 aliphatic carbocycles. The summed E-state index contributed by atoms with van der Waals surface area (Å²) in [6.07, 6.45) is -0.262. The van der Waals surface area contributed by atoms with Gasteiger partial charge < -0.3 is 9.84 Å². The number of phenols is 1. The van der Waals surface area contributed by atoms with Crippen molar-refractivity contribution in [3.05, 3.63) is 57.6 Å². The summed E-state index contributed by atoms with van der Waals surface area (Å²) in [5.74, 6) is 0.414. The van der Waals surface area contributed by atoms with Gasteiger partial charge in [-0.3, -0.25) is 4.79 Å². The number of hydrogen-bond donors (Lipinski definition) is 1. The van der Waals surface area contributed by atoms with Gasteiger partial charge in [-0.2, -0.15) is 0 Å². The summed E-state index contributed by atoms with van der Waals surface area (Å²) in [5, 5.41) is 10.4. The summed E-state index contributed by atoms with van der Waals surface area (Å²) in [7, 11) is 0. The van der Waals surface area contributed by atoms with Crippen LogP contribution in [0.3, 0.4) is 0 Å². The number of carbonyl (C=O) groups is 1. The molecule has 1 heterocycles. The fourth-order valence-corrected chi connectivity index (χ4v) is 2.78. The summed E-state index contributed by atoms with van der Waals surface area (Å²) >= 11 is 12.0. The minimum absolute atomic E-state index is 0.0451. The highest BCUT2D eigenvalue weighted by atomic mass is 35.5. The molecule has 0 aromatic heterocycles. The first-order valence-corrected chi connectivity index (χ1v) is 6.78. The number of benzene rings is 2. The average Bonchev–Trinajstić information content (AvgIpc) is 2.39. The molecule has 0 saturated heterocycles. The van der Waals surface area contributed by atoms with Gasteiger partial charge in [-0.1, -0.05) is 29.3 Å². The number of phenolic OH excluding ortho intramolecular Hbond substituents is 1. The SMILES string of the molecule is O=C1CC(c2ccc(Cl)cc2Cl)Oc2ccc(O)cc21. The zero-order valence-electron chi connectivity index (χ0n) is 10.3. The molecule has 2 aromatic rings. The van der Waals surface area contributed by atoms with Crippen LogP contribution in [0.1, 0.15) is 28.4 Å². The lowest BCUT2D eigenvalue weighted by Crippen LogP contribution is -2.20. The van der Waals surface area contributed by atoms with E-state index in [2.05, 4.69) is 0 Å². The quantitative estimate of drug-likeness (QED) is 0.849. The Kier molecular flexibility index (Phi) is 3.32. The van der Waals surface area contributed by atoms with Crippen molar-refractivity contribution in [3.63, 3.8) is 0 Å². The third-order valence-electron chi connectivity index (χ3n) is 3.21. The van der Waals surface area contributed by atoms with Crippen LogP contribution in [0.5, 0.6) is 11.5 Å². The maximum atomic E-state index is 12.1. The van der Waals surface area contributed by atoms with E-state index < -0.39 is 6.10 Å². The number of Topliss-reactive ketones (excluding diaryl/α,β-unsaturated/α-hetero) is 1. The van der Waals surface area contributed by atoms with Crippen molar-refractivity contribution < 1.29 is 14.6 Å². The zero-order chi connectivity index (χ0) is 14.3. The molecule has 1 N–H and O–H groups in total. The summed E-state index contributed by atoms with van der Waals surface area (Å²) < 4.78 is 5.80. The smallest absolute Gasteiger partial charge is 0.170 e. The van der Waals surface area contributed by atoms with Gasteiger partial charge in [0.15, 0.2) is 5.78 Å². The lowest BCUT2D eigenvalue weighted by molar-refractivity contribution is 0.0849. The predicted octanol–water partition coefficient (Wildman–Crippen LogP) is 4.41. The Labute approximate surface area is 125 Å². The highest BCUT2D eigenvalue weighted by Gasteiger charge is 2.29. The number of ether oxygens (including phenoxy) is 1. The zero-order valence-corrected chi connectivity index (χ0v) is 11.8. The summed E-state index contributed by atoms with van der Waals surface area (Å²) in [4.78, 5) is 12.1. The van der Waals surface area contributed by atoms with E-state index in [9.17, 15) is 9.90 Å². The molecular weight excluding hydrogens is 299 g/mol. The number of hydrogen-bond acceptors (Lipinski definition) is 3.